The fourth-order valence-corrected chi connectivity index (χ4v) is 2.73. The van der Waals surface area contributed by atoms with Crippen LogP contribution in [-0.2, 0) is 14.8 Å². The van der Waals surface area contributed by atoms with Crippen LogP contribution in [0.15, 0.2) is 24.3 Å². The number of carbonyl (C=O) groups is 1. The van der Waals surface area contributed by atoms with Crippen molar-refractivity contribution in [3.63, 3.8) is 0 Å². The number of carboxylic acid groups (broad SMARTS) is 1. The molecule has 1 N–H and O–H groups in total. The quantitative estimate of drug-likeness (QED) is 0.900. The van der Waals surface area contributed by atoms with Crippen LogP contribution in [0.25, 0.3) is 0 Å². The zero-order chi connectivity index (χ0) is 13.9. The number of carboxylic acids is 1. The van der Waals surface area contributed by atoms with Crippen molar-refractivity contribution in [2.45, 2.75) is 19.1 Å². The average Bonchev–Trinajstić information content (AvgIpc) is 2.25. The van der Waals surface area contributed by atoms with Crippen LogP contribution >= 0.6 is 11.6 Å². The van der Waals surface area contributed by atoms with Gasteiger partial charge in [-0.05, 0) is 32.0 Å². The molecule has 0 saturated carbocycles. The summed E-state index contributed by atoms with van der Waals surface area (Å²) in [7, 11) is -3.71. The van der Waals surface area contributed by atoms with E-state index in [0.29, 0.717) is 5.02 Å². The highest BCUT2D eigenvalue weighted by molar-refractivity contribution is 7.93. The van der Waals surface area contributed by atoms with Crippen molar-refractivity contribution in [2.24, 2.45) is 0 Å². The minimum atomic E-state index is -3.71. The predicted molar refractivity (Wildman–Crippen MR) is 70.5 cm³/mol. The lowest BCUT2D eigenvalue weighted by Gasteiger charge is -2.24. The van der Waals surface area contributed by atoms with E-state index >= 15 is 0 Å². The summed E-state index contributed by atoms with van der Waals surface area (Å²) in [5, 5.41) is 8.46. The average molecular weight is 292 g/mol. The van der Waals surface area contributed by atoms with Crippen LogP contribution in [0.3, 0.4) is 0 Å². The van der Waals surface area contributed by atoms with Crippen LogP contribution in [0.4, 0.5) is 5.69 Å². The number of sulfonamides is 1. The minimum absolute atomic E-state index is 0.249. The number of nitrogens with zero attached hydrogens (tertiary/aromatic N) is 1. The van der Waals surface area contributed by atoms with E-state index in [1.165, 1.54) is 26.0 Å². The molecule has 1 rings (SSSR count). The number of halogens is 1. The monoisotopic (exact) mass is 291 g/mol. The molecule has 0 aliphatic rings. The maximum absolute atomic E-state index is 12.1. The summed E-state index contributed by atoms with van der Waals surface area (Å²) in [6.07, 6.45) is 0. The maximum Gasteiger partial charge on any atom is 0.324 e. The van der Waals surface area contributed by atoms with Gasteiger partial charge in [0.15, 0.2) is 0 Å². The smallest absolute Gasteiger partial charge is 0.324 e. The van der Waals surface area contributed by atoms with E-state index in [4.69, 9.17) is 16.7 Å². The molecule has 0 fully saturated rings. The minimum Gasteiger partial charge on any atom is -0.480 e. The van der Waals surface area contributed by atoms with E-state index in [9.17, 15) is 13.2 Å². The highest BCUT2D eigenvalue weighted by Gasteiger charge is 2.28. The van der Waals surface area contributed by atoms with Gasteiger partial charge in [0.25, 0.3) is 0 Å². The lowest BCUT2D eigenvalue weighted by Crippen LogP contribution is -2.40. The summed E-state index contributed by atoms with van der Waals surface area (Å²) in [5.41, 5.74) is 0.249. The van der Waals surface area contributed by atoms with E-state index in [2.05, 4.69) is 0 Å². The van der Waals surface area contributed by atoms with Crippen molar-refractivity contribution >= 4 is 33.3 Å². The van der Waals surface area contributed by atoms with Gasteiger partial charge in [-0.3, -0.25) is 9.10 Å². The number of anilines is 1. The number of aliphatic carboxylic acids is 1. The molecule has 0 aliphatic heterocycles. The van der Waals surface area contributed by atoms with Crippen molar-refractivity contribution in [2.75, 3.05) is 10.8 Å². The first kappa shape index (κ1) is 14.8. The fourth-order valence-electron chi connectivity index (χ4n) is 1.34. The SMILES string of the molecule is CC(C)S(=O)(=O)N(CC(=O)O)c1cccc(Cl)c1. The van der Waals surface area contributed by atoms with Crippen LogP contribution in [0.1, 0.15) is 13.8 Å². The Balaban J connectivity index is 3.26. The van der Waals surface area contributed by atoms with Gasteiger partial charge in [-0.1, -0.05) is 17.7 Å². The standard InChI is InChI=1S/C11H14ClNO4S/c1-8(2)18(16,17)13(7-11(14)15)10-5-3-4-9(12)6-10/h3-6,8H,7H2,1-2H3,(H,14,15). The Bertz CT molecular complexity index is 542. The number of hydrogen-bond acceptors (Lipinski definition) is 3. The first-order valence-electron chi connectivity index (χ1n) is 5.24. The summed E-state index contributed by atoms with van der Waals surface area (Å²) in [4.78, 5) is 10.8. The van der Waals surface area contributed by atoms with Crippen molar-refractivity contribution in [3.05, 3.63) is 29.3 Å². The second-order valence-electron chi connectivity index (χ2n) is 3.97. The van der Waals surface area contributed by atoms with Crippen molar-refractivity contribution in [3.8, 4) is 0 Å². The first-order chi connectivity index (χ1) is 8.25. The van der Waals surface area contributed by atoms with Gasteiger partial charge in [-0.2, -0.15) is 0 Å². The van der Waals surface area contributed by atoms with Crippen LogP contribution in [0.5, 0.6) is 0 Å². The maximum atomic E-state index is 12.1. The zero-order valence-corrected chi connectivity index (χ0v) is 11.6. The lowest BCUT2D eigenvalue weighted by atomic mass is 10.3. The van der Waals surface area contributed by atoms with Gasteiger partial charge in [0.05, 0.1) is 10.9 Å². The van der Waals surface area contributed by atoms with Crippen LogP contribution in [0, 0.1) is 0 Å². The molecule has 0 saturated heterocycles. The van der Waals surface area contributed by atoms with E-state index in [-0.39, 0.29) is 5.69 Å². The summed E-state index contributed by atoms with van der Waals surface area (Å²) < 4.78 is 25.0. The van der Waals surface area contributed by atoms with Crippen molar-refractivity contribution in [1.82, 2.24) is 0 Å². The predicted octanol–water partition coefficient (Wildman–Crippen LogP) is 1.97. The van der Waals surface area contributed by atoms with Gasteiger partial charge in [-0.25, -0.2) is 8.42 Å². The molecule has 0 atom stereocenters. The Morgan fingerprint density at radius 2 is 2.06 bits per heavy atom. The molecule has 0 amide bonds. The number of hydrogen-bond donors (Lipinski definition) is 1. The highest BCUT2D eigenvalue weighted by Crippen LogP contribution is 2.23. The van der Waals surface area contributed by atoms with Gasteiger partial charge in [0.2, 0.25) is 10.0 Å². The van der Waals surface area contributed by atoms with Gasteiger partial charge in [0, 0.05) is 5.02 Å². The fraction of sp³-hybridized carbons (Fsp3) is 0.364. The normalized spacial score (nSPS) is 11.6. The third-order valence-corrected chi connectivity index (χ3v) is 4.66. The summed E-state index contributed by atoms with van der Waals surface area (Å²) in [5.74, 6) is -1.22. The van der Waals surface area contributed by atoms with E-state index in [0.717, 1.165) is 4.31 Å². The molecule has 0 bridgehead atoms. The third-order valence-electron chi connectivity index (χ3n) is 2.28. The highest BCUT2D eigenvalue weighted by atomic mass is 35.5. The van der Waals surface area contributed by atoms with Crippen LogP contribution in [0.2, 0.25) is 5.02 Å². The van der Waals surface area contributed by atoms with Gasteiger partial charge < -0.3 is 5.11 Å². The van der Waals surface area contributed by atoms with Gasteiger partial charge >= 0.3 is 5.97 Å². The molecule has 7 heteroatoms. The molecule has 0 heterocycles. The molecule has 0 spiro atoms. The lowest BCUT2D eigenvalue weighted by molar-refractivity contribution is -0.135. The Morgan fingerprint density at radius 3 is 2.50 bits per heavy atom. The number of rotatable bonds is 5. The zero-order valence-electron chi connectivity index (χ0n) is 10.00. The molecule has 0 aromatic heterocycles. The van der Waals surface area contributed by atoms with Crippen LogP contribution in [-0.4, -0.2) is 31.3 Å². The largest absolute Gasteiger partial charge is 0.480 e. The molecular weight excluding hydrogens is 278 g/mol. The van der Waals surface area contributed by atoms with Gasteiger partial charge in [-0.15, -0.1) is 0 Å². The molecule has 18 heavy (non-hydrogen) atoms. The van der Waals surface area contributed by atoms with Crippen molar-refractivity contribution < 1.29 is 18.3 Å². The van der Waals surface area contributed by atoms with E-state index in [1.807, 2.05) is 0 Å². The molecule has 1 aromatic rings. The Hall–Kier alpha value is -1.27. The number of benzene rings is 1. The Morgan fingerprint density at radius 1 is 1.44 bits per heavy atom. The Labute approximate surface area is 111 Å². The summed E-state index contributed by atoms with van der Waals surface area (Å²) in [6, 6.07) is 6.09. The Kier molecular flexibility index (Phi) is 4.59. The second kappa shape index (κ2) is 5.58. The molecule has 1 aromatic carbocycles. The molecule has 5 nitrogen and oxygen atoms in total. The molecule has 0 radical (unpaired) electrons. The molecule has 0 unspecified atom stereocenters. The summed E-state index contributed by atoms with van der Waals surface area (Å²) in [6.45, 7) is 2.37. The van der Waals surface area contributed by atoms with Gasteiger partial charge in [0.1, 0.15) is 6.54 Å². The van der Waals surface area contributed by atoms with E-state index in [1.54, 1.807) is 12.1 Å². The van der Waals surface area contributed by atoms with Crippen molar-refractivity contribution in [1.29, 1.82) is 0 Å². The molecular formula is C11H14ClNO4S. The topological polar surface area (TPSA) is 74.7 Å². The van der Waals surface area contributed by atoms with Crippen LogP contribution < -0.4 is 4.31 Å². The third kappa shape index (κ3) is 3.36. The summed E-state index contributed by atoms with van der Waals surface area (Å²) >= 11 is 5.79. The molecule has 0 aliphatic carbocycles. The first-order valence-corrected chi connectivity index (χ1v) is 7.12. The second-order valence-corrected chi connectivity index (χ2v) is 6.82. The van der Waals surface area contributed by atoms with E-state index < -0.39 is 27.8 Å². The molecule has 100 valence electrons.